The van der Waals surface area contributed by atoms with Crippen molar-refractivity contribution in [3.63, 3.8) is 0 Å². The first-order chi connectivity index (χ1) is 7.20. The van der Waals surface area contributed by atoms with Crippen LogP contribution in [-0.2, 0) is 9.59 Å². The number of carbonyl (C=O) groups excluding carboxylic acids is 2. The van der Waals surface area contributed by atoms with Gasteiger partial charge in [-0.25, -0.2) is 0 Å². The fourth-order valence-corrected chi connectivity index (χ4v) is 1.62. The maximum Gasteiger partial charge on any atom is 0.237 e. The number of nitrogens with one attached hydrogen (secondary N) is 3. The van der Waals surface area contributed by atoms with E-state index in [1.807, 2.05) is 0 Å². The number of amides is 2. The van der Waals surface area contributed by atoms with Crippen molar-refractivity contribution in [3.8, 4) is 0 Å². The highest BCUT2D eigenvalue weighted by Crippen LogP contribution is 2.06. The third-order valence-electron chi connectivity index (χ3n) is 2.42. The van der Waals surface area contributed by atoms with Crippen molar-refractivity contribution in [1.82, 2.24) is 16.0 Å². The van der Waals surface area contributed by atoms with Gasteiger partial charge in [0.15, 0.2) is 0 Å². The molecule has 1 rings (SSSR count). The summed E-state index contributed by atoms with van der Waals surface area (Å²) >= 11 is 0. The van der Waals surface area contributed by atoms with E-state index in [-0.39, 0.29) is 30.3 Å². The molecule has 1 aliphatic rings. The second-order valence-corrected chi connectivity index (χ2v) is 3.78. The van der Waals surface area contributed by atoms with Crippen molar-refractivity contribution in [2.45, 2.75) is 32.2 Å². The Labute approximate surface area is 102 Å². The van der Waals surface area contributed by atoms with Gasteiger partial charge < -0.3 is 16.0 Å². The predicted molar refractivity (Wildman–Crippen MR) is 64.6 cm³/mol. The summed E-state index contributed by atoms with van der Waals surface area (Å²) in [4.78, 5) is 22.1. The lowest BCUT2D eigenvalue weighted by molar-refractivity contribution is -0.124. The second-order valence-electron chi connectivity index (χ2n) is 3.78. The zero-order chi connectivity index (χ0) is 11.1. The molecule has 0 aromatic rings. The van der Waals surface area contributed by atoms with Crippen LogP contribution in [0.1, 0.15) is 26.2 Å². The molecule has 1 aliphatic heterocycles. The highest BCUT2D eigenvalue weighted by molar-refractivity contribution is 5.85. The van der Waals surface area contributed by atoms with Gasteiger partial charge >= 0.3 is 0 Å². The van der Waals surface area contributed by atoms with E-state index in [0.717, 1.165) is 25.8 Å². The van der Waals surface area contributed by atoms with E-state index in [1.165, 1.54) is 6.92 Å². The Kier molecular flexibility index (Phi) is 7.93. The number of carbonyl (C=O) groups is 2. The Morgan fingerprint density at radius 2 is 1.94 bits per heavy atom. The van der Waals surface area contributed by atoms with E-state index in [4.69, 9.17) is 0 Å². The first-order valence-corrected chi connectivity index (χ1v) is 5.45. The molecule has 1 heterocycles. The lowest BCUT2D eigenvalue weighted by atomic mass is 10.0. The molecule has 1 atom stereocenters. The maximum absolute atomic E-state index is 11.6. The van der Waals surface area contributed by atoms with Crippen LogP contribution in [0.3, 0.4) is 0 Å². The van der Waals surface area contributed by atoms with Crippen molar-refractivity contribution in [3.05, 3.63) is 0 Å². The fourth-order valence-electron chi connectivity index (χ4n) is 1.62. The first kappa shape index (κ1) is 15.2. The molecule has 0 aromatic heterocycles. The van der Waals surface area contributed by atoms with E-state index in [9.17, 15) is 9.59 Å². The Bertz CT molecular complexity index is 230. The Balaban J connectivity index is 0.00000225. The first-order valence-electron chi connectivity index (χ1n) is 5.45. The average Bonchev–Trinajstić information content (AvgIpc) is 2.25. The Morgan fingerprint density at radius 3 is 2.50 bits per heavy atom. The fraction of sp³-hybridized carbons (Fsp3) is 0.800. The topological polar surface area (TPSA) is 70.2 Å². The van der Waals surface area contributed by atoms with Crippen LogP contribution in [0.2, 0.25) is 0 Å². The molecule has 0 spiro atoms. The van der Waals surface area contributed by atoms with Crippen molar-refractivity contribution >= 4 is 24.2 Å². The molecule has 0 unspecified atom stereocenters. The maximum atomic E-state index is 11.6. The van der Waals surface area contributed by atoms with Crippen LogP contribution in [0.4, 0.5) is 0 Å². The molecule has 2 amide bonds. The van der Waals surface area contributed by atoms with Gasteiger partial charge in [-0.1, -0.05) is 6.42 Å². The summed E-state index contributed by atoms with van der Waals surface area (Å²) in [6.45, 7) is 3.37. The van der Waals surface area contributed by atoms with E-state index in [1.54, 1.807) is 0 Å². The van der Waals surface area contributed by atoms with Gasteiger partial charge in [0.25, 0.3) is 0 Å². The molecule has 1 fully saturated rings. The van der Waals surface area contributed by atoms with Gasteiger partial charge in [0.05, 0.1) is 6.04 Å². The van der Waals surface area contributed by atoms with Gasteiger partial charge in [-0.3, -0.25) is 9.59 Å². The van der Waals surface area contributed by atoms with Crippen LogP contribution in [-0.4, -0.2) is 37.5 Å². The molecule has 0 aromatic carbocycles. The van der Waals surface area contributed by atoms with E-state index >= 15 is 0 Å². The van der Waals surface area contributed by atoms with Crippen LogP contribution in [0.5, 0.6) is 0 Å². The molecule has 1 saturated heterocycles. The molecule has 0 radical (unpaired) electrons. The van der Waals surface area contributed by atoms with Crippen molar-refractivity contribution in [1.29, 1.82) is 0 Å². The number of hydrogen-bond acceptors (Lipinski definition) is 3. The summed E-state index contributed by atoms with van der Waals surface area (Å²) in [5.41, 5.74) is 0. The van der Waals surface area contributed by atoms with Crippen LogP contribution >= 0.6 is 12.4 Å². The third kappa shape index (κ3) is 5.92. The smallest absolute Gasteiger partial charge is 0.237 e. The summed E-state index contributed by atoms with van der Waals surface area (Å²) in [5, 5.41) is 8.59. The Morgan fingerprint density at radius 1 is 1.25 bits per heavy atom. The van der Waals surface area contributed by atoms with Crippen LogP contribution in [0, 0.1) is 0 Å². The standard InChI is InChI=1S/C10H19N3O2.ClH/c1-8(14)11-6-7-13-10(15)9-4-2-3-5-12-9;/h9,12H,2-7H2,1H3,(H,11,14)(H,13,15);1H/t9-;/m1./s1. The van der Waals surface area contributed by atoms with Gasteiger partial charge in [0, 0.05) is 20.0 Å². The van der Waals surface area contributed by atoms with E-state index in [0.29, 0.717) is 13.1 Å². The summed E-state index contributed by atoms with van der Waals surface area (Å²) in [6, 6.07) is -0.0453. The number of hydrogen-bond donors (Lipinski definition) is 3. The third-order valence-corrected chi connectivity index (χ3v) is 2.42. The number of halogens is 1. The largest absolute Gasteiger partial charge is 0.355 e. The number of rotatable bonds is 4. The molecule has 3 N–H and O–H groups in total. The average molecular weight is 250 g/mol. The molecule has 16 heavy (non-hydrogen) atoms. The zero-order valence-corrected chi connectivity index (χ0v) is 10.4. The SMILES string of the molecule is CC(=O)NCCNC(=O)[C@H]1CCCCN1.Cl. The lowest BCUT2D eigenvalue weighted by Gasteiger charge is -2.22. The van der Waals surface area contributed by atoms with Crippen LogP contribution < -0.4 is 16.0 Å². The summed E-state index contributed by atoms with van der Waals surface area (Å²) in [5.74, 6) is -0.0277. The van der Waals surface area contributed by atoms with E-state index < -0.39 is 0 Å². The van der Waals surface area contributed by atoms with Gasteiger partial charge in [-0.15, -0.1) is 12.4 Å². The normalized spacial score (nSPS) is 19.4. The van der Waals surface area contributed by atoms with Crippen molar-refractivity contribution in [2.24, 2.45) is 0 Å². The summed E-state index contributed by atoms with van der Waals surface area (Å²) < 4.78 is 0. The molecule has 0 saturated carbocycles. The molecule has 0 bridgehead atoms. The summed E-state index contributed by atoms with van der Waals surface area (Å²) in [7, 11) is 0. The van der Waals surface area contributed by atoms with Crippen molar-refractivity contribution in [2.75, 3.05) is 19.6 Å². The molecule has 0 aliphatic carbocycles. The minimum Gasteiger partial charge on any atom is -0.355 e. The number of piperidine rings is 1. The molecular formula is C10H20ClN3O2. The van der Waals surface area contributed by atoms with Crippen molar-refractivity contribution < 1.29 is 9.59 Å². The highest BCUT2D eigenvalue weighted by atomic mass is 35.5. The van der Waals surface area contributed by atoms with E-state index in [2.05, 4.69) is 16.0 Å². The molecule has 5 nitrogen and oxygen atoms in total. The van der Waals surface area contributed by atoms with Gasteiger partial charge in [0.2, 0.25) is 11.8 Å². The lowest BCUT2D eigenvalue weighted by Crippen LogP contribution is -2.48. The molecular weight excluding hydrogens is 230 g/mol. The second kappa shape index (κ2) is 8.35. The van der Waals surface area contributed by atoms with Gasteiger partial charge in [0.1, 0.15) is 0 Å². The van der Waals surface area contributed by atoms with Gasteiger partial charge in [-0.05, 0) is 19.4 Å². The van der Waals surface area contributed by atoms with Crippen LogP contribution in [0.15, 0.2) is 0 Å². The minimum absolute atomic E-state index is 0. The molecule has 94 valence electrons. The summed E-state index contributed by atoms with van der Waals surface area (Å²) in [6.07, 6.45) is 3.17. The highest BCUT2D eigenvalue weighted by Gasteiger charge is 2.19. The monoisotopic (exact) mass is 249 g/mol. The minimum atomic E-state index is -0.0694. The zero-order valence-electron chi connectivity index (χ0n) is 9.54. The van der Waals surface area contributed by atoms with Gasteiger partial charge in [-0.2, -0.15) is 0 Å². The quantitative estimate of drug-likeness (QED) is 0.605. The van der Waals surface area contributed by atoms with Crippen LogP contribution in [0.25, 0.3) is 0 Å². The predicted octanol–water partition coefficient (Wildman–Crippen LogP) is -0.197. The Hall–Kier alpha value is -0.810. The molecule has 6 heteroatoms.